The topological polar surface area (TPSA) is 110 Å². The largest absolute Gasteiger partial charge is 0.394 e. The Labute approximate surface area is 88.1 Å². The fraction of sp³-hybridized carbons (Fsp3) is 0.778. The SMILES string of the molecule is C=CCOCC(O)C(O)C(O)C(O)CO. The molecule has 0 bridgehead atoms. The van der Waals surface area contributed by atoms with Crippen LogP contribution < -0.4 is 0 Å². The Bertz CT molecular complexity index is 174. The summed E-state index contributed by atoms with van der Waals surface area (Å²) in [5.74, 6) is 0. The predicted octanol–water partition coefficient (Wildman–Crippen LogP) is -2.38. The summed E-state index contributed by atoms with van der Waals surface area (Å²) in [5.41, 5.74) is 0. The van der Waals surface area contributed by atoms with Crippen LogP contribution in [0.25, 0.3) is 0 Å². The quantitative estimate of drug-likeness (QED) is 0.232. The van der Waals surface area contributed by atoms with Crippen LogP contribution in [0, 0.1) is 0 Å². The molecule has 0 spiro atoms. The van der Waals surface area contributed by atoms with Gasteiger partial charge < -0.3 is 30.3 Å². The van der Waals surface area contributed by atoms with Crippen molar-refractivity contribution in [3.63, 3.8) is 0 Å². The molecule has 6 nitrogen and oxygen atoms in total. The zero-order valence-corrected chi connectivity index (χ0v) is 8.36. The predicted molar refractivity (Wildman–Crippen MR) is 52.1 cm³/mol. The van der Waals surface area contributed by atoms with Gasteiger partial charge in [-0.25, -0.2) is 0 Å². The first-order chi connectivity index (χ1) is 7.04. The second kappa shape index (κ2) is 7.75. The molecule has 0 saturated carbocycles. The fourth-order valence-electron chi connectivity index (χ4n) is 0.934. The monoisotopic (exact) mass is 222 g/mol. The van der Waals surface area contributed by atoms with E-state index in [2.05, 4.69) is 6.58 Å². The van der Waals surface area contributed by atoms with Crippen molar-refractivity contribution in [2.45, 2.75) is 24.4 Å². The molecule has 90 valence electrons. The van der Waals surface area contributed by atoms with E-state index in [-0.39, 0.29) is 13.2 Å². The Balaban J connectivity index is 3.95. The molecule has 4 atom stereocenters. The van der Waals surface area contributed by atoms with Gasteiger partial charge in [-0.3, -0.25) is 0 Å². The van der Waals surface area contributed by atoms with Crippen LogP contribution in [0.4, 0.5) is 0 Å². The lowest BCUT2D eigenvalue weighted by Gasteiger charge is -2.25. The highest BCUT2D eigenvalue weighted by Gasteiger charge is 2.29. The molecule has 4 unspecified atom stereocenters. The third kappa shape index (κ3) is 5.22. The molecule has 0 amide bonds. The van der Waals surface area contributed by atoms with Gasteiger partial charge in [-0.05, 0) is 0 Å². The van der Waals surface area contributed by atoms with Gasteiger partial charge in [0.05, 0.1) is 19.8 Å². The van der Waals surface area contributed by atoms with Crippen LogP contribution in [0.5, 0.6) is 0 Å². The zero-order chi connectivity index (χ0) is 11.8. The highest BCUT2D eigenvalue weighted by atomic mass is 16.5. The molecule has 0 aliphatic heterocycles. The molecular formula is C9H18O6. The van der Waals surface area contributed by atoms with Gasteiger partial charge in [-0.2, -0.15) is 0 Å². The van der Waals surface area contributed by atoms with E-state index in [9.17, 15) is 15.3 Å². The molecule has 0 rings (SSSR count). The second-order valence-electron chi connectivity index (χ2n) is 3.12. The van der Waals surface area contributed by atoms with Gasteiger partial charge in [0.2, 0.25) is 0 Å². The van der Waals surface area contributed by atoms with Gasteiger partial charge in [0, 0.05) is 0 Å². The Kier molecular flexibility index (Phi) is 7.49. The molecule has 0 aromatic heterocycles. The third-order valence-electron chi connectivity index (χ3n) is 1.85. The molecule has 6 heteroatoms. The minimum absolute atomic E-state index is 0.192. The molecule has 0 aliphatic carbocycles. The number of aliphatic hydroxyl groups excluding tert-OH is 5. The molecule has 0 aliphatic rings. The van der Waals surface area contributed by atoms with Crippen molar-refractivity contribution in [2.24, 2.45) is 0 Å². The summed E-state index contributed by atoms with van der Waals surface area (Å²) >= 11 is 0. The smallest absolute Gasteiger partial charge is 0.111 e. The van der Waals surface area contributed by atoms with E-state index in [0.717, 1.165) is 0 Å². The normalized spacial score (nSPS) is 19.3. The van der Waals surface area contributed by atoms with Crippen LogP contribution in [0.3, 0.4) is 0 Å². The lowest BCUT2D eigenvalue weighted by atomic mass is 10.0. The molecule has 5 N–H and O–H groups in total. The Hall–Kier alpha value is -0.500. The lowest BCUT2D eigenvalue weighted by Crippen LogP contribution is -2.47. The maximum Gasteiger partial charge on any atom is 0.111 e. The van der Waals surface area contributed by atoms with E-state index in [4.69, 9.17) is 14.9 Å². The standard InChI is InChI=1S/C9H18O6/c1-2-3-15-5-7(12)9(14)8(13)6(11)4-10/h2,6-14H,1,3-5H2. The summed E-state index contributed by atoms with van der Waals surface area (Å²) in [6.07, 6.45) is -4.54. The average Bonchev–Trinajstić information content (AvgIpc) is 2.26. The second-order valence-corrected chi connectivity index (χ2v) is 3.12. The number of rotatable bonds is 8. The van der Waals surface area contributed by atoms with E-state index in [1.807, 2.05) is 0 Å². The summed E-state index contributed by atoms with van der Waals surface area (Å²) in [6, 6.07) is 0. The number of aliphatic hydroxyl groups is 5. The number of hydrogen-bond donors (Lipinski definition) is 5. The van der Waals surface area contributed by atoms with Gasteiger partial charge in [-0.1, -0.05) is 6.08 Å². The fourth-order valence-corrected chi connectivity index (χ4v) is 0.934. The first kappa shape index (κ1) is 14.5. The van der Waals surface area contributed by atoms with Crippen LogP contribution in [0.1, 0.15) is 0 Å². The van der Waals surface area contributed by atoms with E-state index < -0.39 is 31.0 Å². The molecule has 15 heavy (non-hydrogen) atoms. The summed E-state index contributed by atoms with van der Waals surface area (Å²) in [6.45, 7) is 2.71. The minimum atomic E-state index is -1.61. The van der Waals surface area contributed by atoms with Crippen LogP contribution in [-0.4, -0.2) is 69.8 Å². The highest BCUT2D eigenvalue weighted by molar-refractivity contribution is 4.80. The maximum atomic E-state index is 9.31. The van der Waals surface area contributed by atoms with Crippen LogP contribution in [0.15, 0.2) is 12.7 Å². The van der Waals surface area contributed by atoms with Crippen LogP contribution >= 0.6 is 0 Å². The van der Waals surface area contributed by atoms with E-state index in [1.165, 1.54) is 6.08 Å². The Morgan fingerprint density at radius 3 is 2.07 bits per heavy atom. The summed E-state index contributed by atoms with van der Waals surface area (Å²) < 4.78 is 4.85. The van der Waals surface area contributed by atoms with Gasteiger partial charge in [0.25, 0.3) is 0 Å². The van der Waals surface area contributed by atoms with Crippen molar-refractivity contribution in [3.8, 4) is 0 Å². The molecule has 0 fully saturated rings. The highest BCUT2D eigenvalue weighted by Crippen LogP contribution is 2.05. The van der Waals surface area contributed by atoms with E-state index in [1.54, 1.807) is 0 Å². The Morgan fingerprint density at radius 1 is 1.07 bits per heavy atom. The number of ether oxygens (including phenoxy) is 1. The third-order valence-corrected chi connectivity index (χ3v) is 1.85. The van der Waals surface area contributed by atoms with Gasteiger partial charge in [0.1, 0.15) is 24.4 Å². The first-order valence-electron chi connectivity index (χ1n) is 4.56. The van der Waals surface area contributed by atoms with E-state index >= 15 is 0 Å². The summed E-state index contributed by atoms with van der Waals surface area (Å²) in [4.78, 5) is 0. The van der Waals surface area contributed by atoms with Gasteiger partial charge in [0.15, 0.2) is 0 Å². The Morgan fingerprint density at radius 2 is 1.60 bits per heavy atom. The van der Waals surface area contributed by atoms with Crippen molar-refractivity contribution in [2.75, 3.05) is 19.8 Å². The zero-order valence-electron chi connectivity index (χ0n) is 8.36. The van der Waals surface area contributed by atoms with Crippen LogP contribution in [0.2, 0.25) is 0 Å². The maximum absolute atomic E-state index is 9.31. The number of hydrogen-bond acceptors (Lipinski definition) is 6. The van der Waals surface area contributed by atoms with Crippen molar-refractivity contribution < 1.29 is 30.3 Å². The molecule has 0 aromatic carbocycles. The first-order valence-corrected chi connectivity index (χ1v) is 4.56. The molecule has 0 saturated heterocycles. The van der Waals surface area contributed by atoms with Gasteiger partial charge >= 0.3 is 0 Å². The van der Waals surface area contributed by atoms with Crippen LogP contribution in [-0.2, 0) is 4.74 Å². The molecule has 0 radical (unpaired) electrons. The average molecular weight is 222 g/mol. The molecule has 0 aromatic rings. The van der Waals surface area contributed by atoms with E-state index in [0.29, 0.717) is 0 Å². The molecule has 0 heterocycles. The van der Waals surface area contributed by atoms with Crippen molar-refractivity contribution >= 4 is 0 Å². The van der Waals surface area contributed by atoms with Crippen molar-refractivity contribution in [1.29, 1.82) is 0 Å². The lowest BCUT2D eigenvalue weighted by molar-refractivity contribution is -0.127. The minimum Gasteiger partial charge on any atom is -0.394 e. The summed E-state index contributed by atoms with van der Waals surface area (Å²) in [5, 5.41) is 45.3. The van der Waals surface area contributed by atoms with Crippen molar-refractivity contribution in [1.82, 2.24) is 0 Å². The van der Waals surface area contributed by atoms with Crippen molar-refractivity contribution in [3.05, 3.63) is 12.7 Å². The molecular weight excluding hydrogens is 204 g/mol. The van der Waals surface area contributed by atoms with Gasteiger partial charge in [-0.15, -0.1) is 6.58 Å². The summed E-state index contributed by atoms with van der Waals surface area (Å²) in [7, 11) is 0.